The highest BCUT2D eigenvalue weighted by atomic mass is 16.4. The summed E-state index contributed by atoms with van der Waals surface area (Å²) in [5.74, 6) is 0.267. The largest absolute Gasteiger partial charge is 0.409 e. The molecule has 0 heterocycles. The van der Waals surface area contributed by atoms with Crippen LogP contribution in [0.4, 0.5) is 0 Å². The van der Waals surface area contributed by atoms with E-state index >= 15 is 0 Å². The average Bonchev–Trinajstić information content (AvgIpc) is 2.28. The molecular formula is C12H19N3O. The molecule has 4 N–H and O–H groups in total. The van der Waals surface area contributed by atoms with Crippen LogP contribution in [0.3, 0.4) is 0 Å². The molecule has 0 aliphatic rings. The Hall–Kier alpha value is -1.55. The van der Waals surface area contributed by atoms with Crippen LogP contribution in [0, 0.1) is 6.92 Å². The molecule has 0 bridgehead atoms. The number of hydrogen-bond acceptors (Lipinski definition) is 3. The molecule has 4 nitrogen and oxygen atoms in total. The first kappa shape index (κ1) is 12.5. The molecule has 88 valence electrons. The molecule has 1 aromatic carbocycles. The molecule has 0 saturated carbocycles. The zero-order chi connectivity index (χ0) is 11.8. The number of rotatable bonds is 6. The second-order valence-corrected chi connectivity index (χ2v) is 3.83. The highest BCUT2D eigenvalue weighted by Crippen LogP contribution is 2.03. The topological polar surface area (TPSA) is 70.6 Å². The lowest BCUT2D eigenvalue weighted by molar-refractivity contribution is 0.316. The zero-order valence-electron chi connectivity index (χ0n) is 9.61. The molecule has 1 rings (SSSR count). The first-order valence-corrected chi connectivity index (χ1v) is 5.45. The predicted octanol–water partition coefficient (Wildman–Crippen LogP) is 1.26. The summed E-state index contributed by atoms with van der Waals surface area (Å²) in [5, 5.41) is 14.5. The maximum absolute atomic E-state index is 8.34. The molecule has 1 aromatic rings. The highest BCUT2D eigenvalue weighted by molar-refractivity contribution is 5.79. The smallest absolute Gasteiger partial charge is 0.140 e. The van der Waals surface area contributed by atoms with Crippen LogP contribution in [0.25, 0.3) is 0 Å². The van der Waals surface area contributed by atoms with Crippen LogP contribution < -0.4 is 11.1 Å². The van der Waals surface area contributed by atoms with E-state index in [0.717, 1.165) is 19.5 Å². The molecule has 0 aromatic heterocycles. The summed E-state index contributed by atoms with van der Waals surface area (Å²) in [7, 11) is 0. The van der Waals surface area contributed by atoms with Crippen molar-refractivity contribution in [2.45, 2.75) is 19.8 Å². The van der Waals surface area contributed by atoms with Crippen molar-refractivity contribution >= 4 is 5.84 Å². The Morgan fingerprint density at radius 3 is 2.94 bits per heavy atom. The Morgan fingerprint density at radius 1 is 1.44 bits per heavy atom. The standard InChI is InChI=1S/C12H19N3O/c1-10-3-2-4-11(9-10)5-7-14-8-6-12(13)15-16/h2-4,9,14,16H,5-8H2,1H3,(H2,13,15). The van der Waals surface area contributed by atoms with Gasteiger partial charge < -0.3 is 16.3 Å². The third-order valence-electron chi connectivity index (χ3n) is 2.36. The Bertz CT molecular complexity index is 350. The number of nitrogens with two attached hydrogens (primary N) is 1. The lowest BCUT2D eigenvalue weighted by atomic mass is 10.1. The van der Waals surface area contributed by atoms with Gasteiger partial charge in [0.25, 0.3) is 0 Å². The van der Waals surface area contributed by atoms with E-state index in [1.165, 1.54) is 11.1 Å². The van der Waals surface area contributed by atoms with Gasteiger partial charge in [0.05, 0.1) is 0 Å². The fourth-order valence-corrected chi connectivity index (χ4v) is 1.49. The SMILES string of the molecule is Cc1cccc(CCNCCC(N)=NO)c1. The minimum absolute atomic E-state index is 0.267. The maximum atomic E-state index is 8.34. The third kappa shape index (κ3) is 4.79. The highest BCUT2D eigenvalue weighted by Gasteiger charge is 1.95. The lowest BCUT2D eigenvalue weighted by Gasteiger charge is -2.04. The summed E-state index contributed by atoms with van der Waals surface area (Å²) in [4.78, 5) is 0. The van der Waals surface area contributed by atoms with Gasteiger partial charge in [-0.1, -0.05) is 35.0 Å². The summed E-state index contributed by atoms with van der Waals surface area (Å²) in [6.45, 7) is 3.74. The second-order valence-electron chi connectivity index (χ2n) is 3.83. The molecule has 0 saturated heterocycles. The molecule has 0 atom stereocenters. The van der Waals surface area contributed by atoms with E-state index in [-0.39, 0.29) is 5.84 Å². The fraction of sp³-hybridized carbons (Fsp3) is 0.417. The van der Waals surface area contributed by atoms with Crippen LogP contribution in [-0.2, 0) is 6.42 Å². The fourth-order valence-electron chi connectivity index (χ4n) is 1.49. The summed E-state index contributed by atoms with van der Waals surface area (Å²) in [6, 6.07) is 8.47. The monoisotopic (exact) mass is 221 g/mol. The quantitative estimate of drug-likeness (QED) is 0.223. The van der Waals surface area contributed by atoms with Gasteiger partial charge in [-0.2, -0.15) is 0 Å². The van der Waals surface area contributed by atoms with Crippen molar-refractivity contribution in [1.82, 2.24) is 5.32 Å². The van der Waals surface area contributed by atoms with Gasteiger partial charge in [-0.15, -0.1) is 0 Å². The third-order valence-corrected chi connectivity index (χ3v) is 2.36. The van der Waals surface area contributed by atoms with Gasteiger partial charge in [-0.3, -0.25) is 0 Å². The van der Waals surface area contributed by atoms with Crippen molar-refractivity contribution in [3.05, 3.63) is 35.4 Å². The molecular weight excluding hydrogens is 202 g/mol. The van der Waals surface area contributed by atoms with E-state index in [1.54, 1.807) is 0 Å². The normalized spacial score (nSPS) is 11.7. The molecule has 0 unspecified atom stereocenters. The summed E-state index contributed by atoms with van der Waals surface area (Å²) in [6.07, 6.45) is 1.57. The number of aryl methyl sites for hydroxylation is 1. The maximum Gasteiger partial charge on any atom is 0.140 e. The van der Waals surface area contributed by atoms with E-state index in [0.29, 0.717) is 6.42 Å². The molecule has 0 aliphatic heterocycles. The Kier molecular flexibility index (Phi) is 5.36. The molecule has 0 fully saturated rings. The van der Waals surface area contributed by atoms with Crippen LogP contribution in [0.2, 0.25) is 0 Å². The van der Waals surface area contributed by atoms with Crippen molar-refractivity contribution in [2.75, 3.05) is 13.1 Å². The molecule has 0 aliphatic carbocycles. The second kappa shape index (κ2) is 6.85. The van der Waals surface area contributed by atoms with Crippen molar-refractivity contribution in [3.63, 3.8) is 0 Å². The van der Waals surface area contributed by atoms with Crippen molar-refractivity contribution in [3.8, 4) is 0 Å². The summed E-state index contributed by atoms with van der Waals surface area (Å²) in [5.41, 5.74) is 7.96. The summed E-state index contributed by atoms with van der Waals surface area (Å²) >= 11 is 0. The van der Waals surface area contributed by atoms with Crippen LogP contribution in [-0.4, -0.2) is 24.1 Å². The van der Waals surface area contributed by atoms with Crippen LogP contribution >= 0.6 is 0 Å². The van der Waals surface area contributed by atoms with Crippen LogP contribution in [0.5, 0.6) is 0 Å². The van der Waals surface area contributed by atoms with Gasteiger partial charge in [0.1, 0.15) is 5.84 Å². The number of hydrogen-bond donors (Lipinski definition) is 3. The molecule has 0 radical (unpaired) electrons. The number of nitrogens with one attached hydrogen (secondary N) is 1. The summed E-state index contributed by atoms with van der Waals surface area (Å²) < 4.78 is 0. The number of amidine groups is 1. The molecule has 0 spiro atoms. The van der Waals surface area contributed by atoms with Crippen molar-refractivity contribution < 1.29 is 5.21 Å². The number of oxime groups is 1. The number of benzene rings is 1. The van der Waals surface area contributed by atoms with E-state index in [1.807, 2.05) is 0 Å². The van der Waals surface area contributed by atoms with Gasteiger partial charge >= 0.3 is 0 Å². The Morgan fingerprint density at radius 2 is 2.25 bits per heavy atom. The lowest BCUT2D eigenvalue weighted by Crippen LogP contribution is -2.24. The van der Waals surface area contributed by atoms with Crippen LogP contribution in [0.1, 0.15) is 17.5 Å². The Labute approximate surface area is 96.2 Å². The minimum Gasteiger partial charge on any atom is -0.409 e. The Balaban J connectivity index is 2.16. The van der Waals surface area contributed by atoms with Gasteiger partial charge in [-0.25, -0.2) is 0 Å². The average molecular weight is 221 g/mol. The van der Waals surface area contributed by atoms with Gasteiger partial charge in [-0.05, 0) is 25.5 Å². The van der Waals surface area contributed by atoms with Crippen LogP contribution in [0.15, 0.2) is 29.4 Å². The van der Waals surface area contributed by atoms with Gasteiger partial charge in [0.2, 0.25) is 0 Å². The van der Waals surface area contributed by atoms with Crippen molar-refractivity contribution in [2.24, 2.45) is 10.9 Å². The minimum atomic E-state index is 0.267. The predicted molar refractivity (Wildman–Crippen MR) is 65.8 cm³/mol. The molecule has 16 heavy (non-hydrogen) atoms. The van der Waals surface area contributed by atoms with Crippen molar-refractivity contribution in [1.29, 1.82) is 0 Å². The van der Waals surface area contributed by atoms with E-state index < -0.39 is 0 Å². The molecule has 4 heteroatoms. The van der Waals surface area contributed by atoms with E-state index in [4.69, 9.17) is 10.9 Å². The van der Waals surface area contributed by atoms with Gasteiger partial charge in [0.15, 0.2) is 0 Å². The molecule has 0 amide bonds. The van der Waals surface area contributed by atoms with E-state index in [2.05, 4.69) is 41.7 Å². The first-order chi connectivity index (χ1) is 7.72. The first-order valence-electron chi connectivity index (χ1n) is 5.45. The van der Waals surface area contributed by atoms with E-state index in [9.17, 15) is 0 Å². The number of nitrogens with zero attached hydrogens (tertiary/aromatic N) is 1. The van der Waals surface area contributed by atoms with Gasteiger partial charge in [0, 0.05) is 13.0 Å². The zero-order valence-corrected chi connectivity index (χ0v) is 9.61.